The van der Waals surface area contributed by atoms with Crippen LogP contribution in [0.4, 0.5) is 13.2 Å². The summed E-state index contributed by atoms with van der Waals surface area (Å²) in [5.41, 5.74) is -0.798. The van der Waals surface area contributed by atoms with Crippen molar-refractivity contribution in [3.05, 3.63) is 23.9 Å². The molecule has 22 heavy (non-hydrogen) atoms. The Balaban J connectivity index is 1.53. The number of ether oxygens (including phenoxy) is 2. The molecule has 3 heterocycles. The van der Waals surface area contributed by atoms with E-state index in [1.165, 1.54) is 0 Å². The lowest BCUT2D eigenvalue weighted by Crippen LogP contribution is -2.57. The number of rotatable bonds is 3. The van der Waals surface area contributed by atoms with Crippen LogP contribution in [0.2, 0.25) is 0 Å². The molecular weight excluding hydrogens is 301 g/mol. The zero-order valence-electron chi connectivity index (χ0n) is 11.7. The fourth-order valence-corrected chi connectivity index (χ4v) is 2.50. The van der Waals surface area contributed by atoms with Crippen LogP contribution < -0.4 is 4.74 Å². The summed E-state index contributed by atoms with van der Waals surface area (Å²) in [6, 6.07) is 1.76. The molecule has 0 bridgehead atoms. The van der Waals surface area contributed by atoms with Gasteiger partial charge in [-0.05, 0) is 12.5 Å². The monoisotopic (exact) mass is 316 g/mol. The maximum atomic E-state index is 12.6. The summed E-state index contributed by atoms with van der Waals surface area (Å²) in [4.78, 5) is 17.5. The molecule has 0 radical (unpaired) electrons. The van der Waals surface area contributed by atoms with E-state index in [2.05, 4.69) is 4.98 Å². The molecule has 1 amide bonds. The molecule has 0 spiro atoms. The number of aromatic nitrogens is 1. The number of alkyl halides is 3. The average molecular weight is 316 g/mol. The van der Waals surface area contributed by atoms with Gasteiger partial charge in [0.1, 0.15) is 6.10 Å². The van der Waals surface area contributed by atoms with Gasteiger partial charge in [-0.1, -0.05) is 0 Å². The first kappa shape index (κ1) is 15.1. The van der Waals surface area contributed by atoms with Crippen molar-refractivity contribution in [2.24, 2.45) is 5.92 Å². The molecule has 5 nitrogen and oxygen atoms in total. The van der Waals surface area contributed by atoms with E-state index in [1.54, 1.807) is 4.90 Å². The second-order valence-electron chi connectivity index (χ2n) is 5.42. The summed E-state index contributed by atoms with van der Waals surface area (Å²) in [5, 5.41) is 0. The topological polar surface area (TPSA) is 51.7 Å². The predicted octanol–water partition coefficient (Wildman–Crippen LogP) is 1.73. The van der Waals surface area contributed by atoms with Gasteiger partial charge < -0.3 is 14.4 Å². The van der Waals surface area contributed by atoms with Crippen LogP contribution in [0.1, 0.15) is 12.0 Å². The number of carbonyl (C=O) groups is 1. The third-order valence-corrected chi connectivity index (χ3v) is 3.79. The van der Waals surface area contributed by atoms with Crippen molar-refractivity contribution >= 4 is 5.91 Å². The van der Waals surface area contributed by atoms with E-state index in [0.717, 1.165) is 24.8 Å². The van der Waals surface area contributed by atoms with Gasteiger partial charge in [-0.15, -0.1) is 0 Å². The predicted molar refractivity (Wildman–Crippen MR) is 69.2 cm³/mol. The molecule has 2 aliphatic rings. The smallest absolute Gasteiger partial charge is 0.416 e. The maximum Gasteiger partial charge on any atom is 0.416 e. The number of amides is 1. The molecule has 2 saturated heterocycles. The van der Waals surface area contributed by atoms with Gasteiger partial charge in [0, 0.05) is 18.9 Å². The van der Waals surface area contributed by atoms with Crippen molar-refractivity contribution < 1.29 is 27.4 Å². The molecule has 1 atom stereocenters. The van der Waals surface area contributed by atoms with Crippen LogP contribution in [-0.2, 0) is 15.7 Å². The lowest BCUT2D eigenvalue weighted by atomic mass is 10.0. The first-order valence-corrected chi connectivity index (χ1v) is 7.00. The number of hydrogen-bond donors (Lipinski definition) is 0. The van der Waals surface area contributed by atoms with Crippen molar-refractivity contribution in [1.29, 1.82) is 0 Å². The van der Waals surface area contributed by atoms with E-state index in [4.69, 9.17) is 9.47 Å². The summed E-state index contributed by atoms with van der Waals surface area (Å²) < 4.78 is 48.3. The summed E-state index contributed by atoms with van der Waals surface area (Å²) in [6.45, 7) is 1.77. The Labute approximate surface area is 125 Å². The minimum absolute atomic E-state index is 0.0225. The van der Waals surface area contributed by atoms with Gasteiger partial charge in [0.15, 0.2) is 0 Å². The standard InChI is InChI=1S/C14H15F3N2O3/c15-14(16,17)10-1-3-18-12(5-10)22-11-6-19(7-11)13(20)9-2-4-21-8-9/h1,3,5,9,11H,2,4,6-8H2. The Morgan fingerprint density at radius 3 is 2.82 bits per heavy atom. The molecule has 0 saturated carbocycles. The van der Waals surface area contributed by atoms with Crippen LogP contribution in [0, 0.1) is 5.92 Å². The summed E-state index contributed by atoms with van der Waals surface area (Å²) in [7, 11) is 0. The minimum atomic E-state index is -4.43. The van der Waals surface area contributed by atoms with E-state index in [-0.39, 0.29) is 23.8 Å². The molecule has 0 aromatic carbocycles. The van der Waals surface area contributed by atoms with E-state index in [0.29, 0.717) is 26.3 Å². The summed E-state index contributed by atoms with van der Waals surface area (Å²) in [5.74, 6) is -0.155. The first-order valence-electron chi connectivity index (χ1n) is 7.00. The number of nitrogens with zero attached hydrogens (tertiary/aromatic N) is 2. The molecule has 3 rings (SSSR count). The Bertz CT molecular complexity index is 553. The Kier molecular flexibility index (Phi) is 3.94. The summed E-state index contributed by atoms with van der Waals surface area (Å²) in [6.07, 6.45) is -2.96. The Morgan fingerprint density at radius 1 is 1.41 bits per heavy atom. The quantitative estimate of drug-likeness (QED) is 0.852. The number of halogens is 3. The zero-order chi connectivity index (χ0) is 15.7. The lowest BCUT2D eigenvalue weighted by Gasteiger charge is -2.39. The molecule has 1 unspecified atom stereocenters. The van der Waals surface area contributed by atoms with Crippen molar-refractivity contribution in [3.8, 4) is 5.88 Å². The van der Waals surface area contributed by atoms with Gasteiger partial charge >= 0.3 is 6.18 Å². The zero-order valence-corrected chi connectivity index (χ0v) is 11.7. The van der Waals surface area contributed by atoms with Gasteiger partial charge in [-0.3, -0.25) is 4.79 Å². The van der Waals surface area contributed by atoms with Crippen molar-refractivity contribution in [2.75, 3.05) is 26.3 Å². The number of pyridine rings is 1. The molecule has 2 aliphatic heterocycles. The molecule has 120 valence electrons. The Hall–Kier alpha value is -1.83. The van der Waals surface area contributed by atoms with Gasteiger partial charge in [0.05, 0.1) is 31.2 Å². The van der Waals surface area contributed by atoms with Gasteiger partial charge in [-0.2, -0.15) is 13.2 Å². The van der Waals surface area contributed by atoms with E-state index in [1.807, 2.05) is 0 Å². The van der Waals surface area contributed by atoms with Gasteiger partial charge in [0.2, 0.25) is 11.8 Å². The maximum absolute atomic E-state index is 12.6. The number of carbonyl (C=O) groups excluding carboxylic acids is 1. The molecule has 1 aromatic rings. The third kappa shape index (κ3) is 3.16. The highest BCUT2D eigenvalue weighted by Gasteiger charge is 2.37. The molecule has 8 heteroatoms. The van der Waals surface area contributed by atoms with E-state index >= 15 is 0 Å². The van der Waals surface area contributed by atoms with Crippen LogP contribution in [0.5, 0.6) is 5.88 Å². The lowest BCUT2D eigenvalue weighted by molar-refractivity contribution is -0.144. The SMILES string of the molecule is O=C(C1CCOC1)N1CC(Oc2cc(C(F)(F)F)ccn2)C1. The average Bonchev–Trinajstić information content (AvgIpc) is 2.95. The van der Waals surface area contributed by atoms with E-state index < -0.39 is 11.7 Å². The second-order valence-corrected chi connectivity index (χ2v) is 5.42. The highest BCUT2D eigenvalue weighted by molar-refractivity contribution is 5.80. The number of likely N-dealkylation sites (tertiary alicyclic amines) is 1. The molecule has 0 aliphatic carbocycles. The number of hydrogen-bond acceptors (Lipinski definition) is 4. The van der Waals surface area contributed by atoms with Crippen molar-refractivity contribution in [2.45, 2.75) is 18.7 Å². The van der Waals surface area contributed by atoms with Gasteiger partial charge in [-0.25, -0.2) is 4.98 Å². The third-order valence-electron chi connectivity index (χ3n) is 3.79. The van der Waals surface area contributed by atoms with Crippen LogP contribution >= 0.6 is 0 Å². The largest absolute Gasteiger partial charge is 0.471 e. The summed E-state index contributed by atoms with van der Waals surface area (Å²) >= 11 is 0. The van der Waals surface area contributed by atoms with Crippen LogP contribution in [-0.4, -0.2) is 48.2 Å². The molecular formula is C14H15F3N2O3. The van der Waals surface area contributed by atoms with Crippen molar-refractivity contribution in [3.63, 3.8) is 0 Å². The van der Waals surface area contributed by atoms with Crippen LogP contribution in [0.3, 0.4) is 0 Å². The van der Waals surface area contributed by atoms with Crippen molar-refractivity contribution in [1.82, 2.24) is 9.88 Å². The molecule has 2 fully saturated rings. The molecule has 1 aromatic heterocycles. The second kappa shape index (κ2) is 5.75. The highest BCUT2D eigenvalue weighted by atomic mass is 19.4. The fourth-order valence-electron chi connectivity index (χ4n) is 2.50. The minimum Gasteiger partial charge on any atom is -0.471 e. The normalized spacial score (nSPS) is 22.5. The van der Waals surface area contributed by atoms with Gasteiger partial charge in [0.25, 0.3) is 0 Å². The highest BCUT2D eigenvalue weighted by Crippen LogP contribution is 2.31. The Morgan fingerprint density at radius 2 is 2.18 bits per heavy atom. The molecule has 0 N–H and O–H groups in total. The fraction of sp³-hybridized carbons (Fsp3) is 0.571. The van der Waals surface area contributed by atoms with Crippen LogP contribution in [0.25, 0.3) is 0 Å². The van der Waals surface area contributed by atoms with Crippen LogP contribution in [0.15, 0.2) is 18.3 Å². The van der Waals surface area contributed by atoms with E-state index in [9.17, 15) is 18.0 Å². The first-order chi connectivity index (χ1) is 10.4.